The Morgan fingerprint density at radius 2 is 1.90 bits per heavy atom. The topological polar surface area (TPSA) is 49.6 Å². The lowest BCUT2D eigenvalue weighted by atomic mass is 10.1. The van der Waals surface area contributed by atoms with Crippen molar-refractivity contribution in [2.75, 3.05) is 31.1 Å². The molecule has 1 fully saturated rings. The van der Waals surface area contributed by atoms with E-state index in [0.717, 1.165) is 45.7 Å². The minimum atomic E-state index is 0.0765. The van der Waals surface area contributed by atoms with Gasteiger partial charge in [-0.05, 0) is 37.3 Å². The summed E-state index contributed by atoms with van der Waals surface area (Å²) in [5.74, 6) is 1.53. The van der Waals surface area contributed by atoms with Crippen molar-refractivity contribution >= 4 is 35.0 Å². The van der Waals surface area contributed by atoms with E-state index < -0.39 is 0 Å². The molecule has 29 heavy (non-hydrogen) atoms. The standard InChI is InChI=1S/C22H22ClN3O2S/c1-16-13-19(28-24-16)15-29-21-8-3-2-7-20(21)22(27)26-11-9-25(10-12-26)18-6-4-5-17(23)14-18/h2-8,13-14H,9-12,15H2,1H3. The van der Waals surface area contributed by atoms with Gasteiger partial charge in [0.05, 0.1) is 17.0 Å². The molecule has 150 valence electrons. The zero-order valence-corrected chi connectivity index (χ0v) is 17.7. The fraction of sp³-hybridized carbons (Fsp3) is 0.273. The third kappa shape index (κ3) is 4.77. The summed E-state index contributed by atoms with van der Waals surface area (Å²) in [5.41, 5.74) is 2.70. The summed E-state index contributed by atoms with van der Waals surface area (Å²) in [5, 5.41) is 4.65. The van der Waals surface area contributed by atoms with E-state index in [4.69, 9.17) is 16.1 Å². The monoisotopic (exact) mass is 427 g/mol. The third-order valence-electron chi connectivity index (χ3n) is 4.90. The molecule has 5 nitrogen and oxygen atoms in total. The average molecular weight is 428 g/mol. The van der Waals surface area contributed by atoms with E-state index in [0.29, 0.717) is 18.8 Å². The van der Waals surface area contributed by atoms with Crippen LogP contribution in [0, 0.1) is 6.92 Å². The van der Waals surface area contributed by atoms with Crippen molar-refractivity contribution in [1.82, 2.24) is 10.1 Å². The lowest BCUT2D eigenvalue weighted by Crippen LogP contribution is -2.48. The molecule has 0 bridgehead atoms. The van der Waals surface area contributed by atoms with Crippen LogP contribution in [-0.2, 0) is 5.75 Å². The van der Waals surface area contributed by atoms with Crippen LogP contribution in [0.25, 0.3) is 0 Å². The Labute approximate surface area is 179 Å². The lowest BCUT2D eigenvalue weighted by molar-refractivity contribution is 0.0743. The number of carbonyl (C=O) groups excluding carboxylic acids is 1. The van der Waals surface area contributed by atoms with Crippen LogP contribution in [0.2, 0.25) is 5.02 Å². The Bertz CT molecular complexity index is 999. The van der Waals surface area contributed by atoms with Crippen molar-refractivity contribution < 1.29 is 9.32 Å². The second-order valence-corrected chi connectivity index (χ2v) is 8.43. The molecule has 3 aromatic rings. The fourth-order valence-corrected chi connectivity index (χ4v) is 4.52. The van der Waals surface area contributed by atoms with Crippen LogP contribution < -0.4 is 4.90 Å². The van der Waals surface area contributed by atoms with E-state index in [1.54, 1.807) is 11.8 Å². The number of nitrogens with zero attached hydrogens (tertiary/aromatic N) is 3. The Kier molecular flexibility index (Phi) is 6.11. The largest absolute Gasteiger partial charge is 0.368 e. The molecule has 0 unspecified atom stereocenters. The molecule has 2 heterocycles. The number of carbonyl (C=O) groups is 1. The molecular weight excluding hydrogens is 406 g/mol. The number of piperazine rings is 1. The molecule has 0 radical (unpaired) electrons. The number of hydrogen-bond acceptors (Lipinski definition) is 5. The molecular formula is C22H22ClN3O2S. The van der Waals surface area contributed by atoms with Gasteiger partial charge < -0.3 is 14.3 Å². The number of anilines is 1. The normalized spacial score (nSPS) is 14.3. The van der Waals surface area contributed by atoms with Crippen LogP contribution in [0.5, 0.6) is 0 Å². The smallest absolute Gasteiger partial charge is 0.255 e. The maximum absolute atomic E-state index is 13.2. The maximum atomic E-state index is 13.2. The van der Waals surface area contributed by atoms with Crippen LogP contribution in [-0.4, -0.2) is 42.1 Å². The molecule has 1 amide bonds. The second kappa shape index (κ2) is 8.93. The molecule has 0 saturated carbocycles. The van der Waals surface area contributed by atoms with E-state index in [1.165, 1.54) is 0 Å². The highest BCUT2D eigenvalue weighted by atomic mass is 35.5. The van der Waals surface area contributed by atoms with Crippen molar-refractivity contribution in [1.29, 1.82) is 0 Å². The first-order valence-electron chi connectivity index (χ1n) is 9.54. The van der Waals surface area contributed by atoms with E-state index >= 15 is 0 Å². The van der Waals surface area contributed by atoms with Crippen LogP contribution in [0.1, 0.15) is 21.8 Å². The van der Waals surface area contributed by atoms with E-state index in [1.807, 2.05) is 60.4 Å². The number of benzene rings is 2. The molecule has 0 N–H and O–H groups in total. The fourth-order valence-electron chi connectivity index (χ4n) is 3.41. The molecule has 7 heteroatoms. The Balaban J connectivity index is 1.41. The molecule has 0 aliphatic carbocycles. The lowest BCUT2D eigenvalue weighted by Gasteiger charge is -2.36. The van der Waals surface area contributed by atoms with Crippen LogP contribution in [0.4, 0.5) is 5.69 Å². The Morgan fingerprint density at radius 3 is 2.62 bits per heavy atom. The average Bonchev–Trinajstić information content (AvgIpc) is 3.17. The SMILES string of the molecule is Cc1cc(CSc2ccccc2C(=O)N2CCN(c3cccc(Cl)c3)CC2)on1. The molecule has 1 saturated heterocycles. The maximum Gasteiger partial charge on any atom is 0.255 e. The van der Waals surface area contributed by atoms with Gasteiger partial charge in [-0.2, -0.15) is 0 Å². The molecule has 2 aromatic carbocycles. The molecule has 0 atom stereocenters. The predicted molar refractivity (Wildman–Crippen MR) is 117 cm³/mol. The highest BCUT2D eigenvalue weighted by Crippen LogP contribution is 2.28. The number of aryl methyl sites for hydroxylation is 1. The van der Waals surface area contributed by atoms with Gasteiger partial charge >= 0.3 is 0 Å². The summed E-state index contributed by atoms with van der Waals surface area (Å²) in [6, 6.07) is 17.5. The highest BCUT2D eigenvalue weighted by molar-refractivity contribution is 7.98. The van der Waals surface area contributed by atoms with Gasteiger partial charge in [-0.3, -0.25) is 4.79 Å². The summed E-state index contributed by atoms with van der Waals surface area (Å²) in [4.78, 5) is 18.3. The summed E-state index contributed by atoms with van der Waals surface area (Å²) >= 11 is 7.71. The first-order chi connectivity index (χ1) is 14.1. The minimum Gasteiger partial charge on any atom is -0.368 e. The minimum absolute atomic E-state index is 0.0765. The Morgan fingerprint density at radius 1 is 1.10 bits per heavy atom. The molecule has 4 rings (SSSR count). The van der Waals surface area contributed by atoms with Crippen LogP contribution >= 0.6 is 23.4 Å². The first-order valence-corrected chi connectivity index (χ1v) is 10.9. The van der Waals surface area contributed by atoms with Crippen LogP contribution in [0.3, 0.4) is 0 Å². The molecule has 1 aromatic heterocycles. The number of rotatable bonds is 5. The summed E-state index contributed by atoms with van der Waals surface area (Å²) in [6.45, 7) is 4.85. The van der Waals surface area contributed by atoms with Gasteiger partial charge in [0.15, 0.2) is 0 Å². The third-order valence-corrected chi connectivity index (χ3v) is 6.24. The first kappa shape index (κ1) is 19.9. The van der Waals surface area contributed by atoms with Gasteiger partial charge in [-0.15, -0.1) is 11.8 Å². The molecule has 1 aliphatic rings. The predicted octanol–water partition coefficient (Wildman–Crippen LogP) is 4.89. The molecule has 0 spiro atoms. The zero-order chi connectivity index (χ0) is 20.2. The van der Waals surface area contributed by atoms with Gasteiger partial charge in [-0.1, -0.05) is 35.0 Å². The van der Waals surface area contributed by atoms with Crippen molar-refractivity contribution in [3.05, 3.63) is 76.6 Å². The summed E-state index contributed by atoms with van der Waals surface area (Å²) < 4.78 is 5.28. The molecule has 1 aliphatic heterocycles. The van der Waals surface area contributed by atoms with E-state index in [2.05, 4.69) is 16.1 Å². The number of halogens is 1. The van der Waals surface area contributed by atoms with Crippen molar-refractivity contribution in [3.63, 3.8) is 0 Å². The number of hydrogen-bond donors (Lipinski definition) is 0. The van der Waals surface area contributed by atoms with Crippen molar-refractivity contribution in [3.8, 4) is 0 Å². The van der Waals surface area contributed by atoms with Crippen LogP contribution in [0.15, 0.2) is 64.0 Å². The second-order valence-electron chi connectivity index (χ2n) is 6.98. The number of thioether (sulfide) groups is 1. The van der Waals surface area contributed by atoms with Gasteiger partial charge in [0.25, 0.3) is 5.91 Å². The van der Waals surface area contributed by atoms with Crippen molar-refractivity contribution in [2.24, 2.45) is 0 Å². The van der Waals surface area contributed by atoms with Crippen molar-refractivity contribution in [2.45, 2.75) is 17.6 Å². The quantitative estimate of drug-likeness (QED) is 0.542. The highest BCUT2D eigenvalue weighted by Gasteiger charge is 2.24. The summed E-state index contributed by atoms with van der Waals surface area (Å²) in [6.07, 6.45) is 0. The van der Waals surface area contributed by atoms with Gasteiger partial charge in [0, 0.05) is 47.9 Å². The Hall–Kier alpha value is -2.44. The van der Waals surface area contributed by atoms with Gasteiger partial charge in [0.2, 0.25) is 0 Å². The number of amides is 1. The van der Waals surface area contributed by atoms with E-state index in [9.17, 15) is 4.79 Å². The van der Waals surface area contributed by atoms with Gasteiger partial charge in [0.1, 0.15) is 5.76 Å². The zero-order valence-electron chi connectivity index (χ0n) is 16.2. The number of aromatic nitrogens is 1. The van der Waals surface area contributed by atoms with E-state index in [-0.39, 0.29) is 5.91 Å². The van der Waals surface area contributed by atoms with Gasteiger partial charge in [-0.25, -0.2) is 0 Å². The summed E-state index contributed by atoms with van der Waals surface area (Å²) in [7, 11) is 0.